The summed E-state index contributed by atoms with van der Waals surface area (Å²) in [5.41, 5.74) is 0. The summed E-state index contributed by atoms with van der Waals surface area (Å²) in [6, 6.07) is 0.855. The van der Waals surface area contributed by atoms with Gasteiger partial charge in [-0.1, -0.05) is 13.8 Å². The molecule has 0 bridgehead atoms. The molecule has 0 spiro atoms. The van der Waals surface area contributed by atoms with E-state index < -0.39 is 0 Å². The third-order valence-electron chi connectivity index (χ3n) is 2.96. The third kappa shape index (κ3) is 1.99. The molecule has 0 amide bonds. The first-order chi connectivity index (χ1) is 5.88. The SMILES string of the molecule is CC.CN1CCCC2CNCC21. The lowest BCUT2D eigenvalue weighted by atomic mass is 9.93. The van der Waals surface area contributed by atoms with E-state index in [0.717, 1.165) is 12.0 Å². The van der Waals surface area contributed by atoms with Gasteiger partial charge in [-0.05, 0) is 38.9 Å². The lowest BCUT2D eigenvalue weighted by Gasteiger charge is -2.33. The second-order valence-corrected chi connectivity index (χ2v) is 3.61. The first-order valence-corrected chi connectivity index (χ1v) is 5.29. The lowest BCUT2D eigenvalue weighted by Crippen LogP contribution is -2.42. The Morgan fingerprint density at radius 3 is 2.67 bits per heavy atom. The van der Waals surface area contributed by atoms with Crippen LogP contribution in [0.3, 0.4) is 0 Å². The standard InChI is InChI=1S/C8H16N2.C2H6/c1-10-4-2-3-7-5-9-6-8(7)10;1-2/h7-9H,2-6H2,1H3;1-2H3. The lowest BCUT2D eigenvalue weighted by molar-refractivity contribution is 0.158. The highest BCUT2D eigenvalue weighted by Crippen LogP contribution is 2.24. The quantitative estimate of drug-likeness (QED) is 0.590. The smallest absolute Gasteiger partial charge is 0.0257 e. The minimum absolute atomic E-state index is 0.855. The van der Waals surface area contributed by atoms with Crippen LogP contribution in [0.1, 0.15) is 26.7 Å². The van der Waals surface area contributed by atoms with E-state index in [1.807, 2.05) is 13.8 Å². The molecule has 2 unspecified atom stereocenters. The third-order valence-corrected chi connectivity index (χ3v) is 2.96. The molecular formula is C10H22N2. The van der Waals surface area contributed by atoms with Crippen molar-refractivity contribution in [3.63, 3.8) is 0 Å². The predicted octanol–water partition coefficient (Wildman–Crippen LogP) is 1.33. The van der Waals surface area contributed by atoms with Crippen LogP contribution in [0.15, 0.2) is 0 Å². The van der Waals surface area contributed by atoms with Gasteiger partial charge in [0.1, 0.15) is 0 Å². The summed E-state index contributed by atoms with van der Waals surface area (Å²) in [5.74, 6) is 0.957. The van der Waals surface area contributed by atoms with E-state index in [-0.39, 0.29) is 0 Å². The number of nitrogens with one attached hydrogen (secondary N) is 1. The number of hydrogen-bond donors (Lipinski definition) is 1. The van der Waals surface area contributed by atoms with E-state index in [4.69, 9.17) is 0 Å². The van der Waals surface area contributed by atoms with E-state index in [9.17, 15) is 0 Å². The van der Waals surface area contributed by atoms with Crippen LogP contribution in [0.2, 0.25) is 0 Å². The number of fused-ring (bicyclic) bond motifs is 1. The molecule has 2 atom stereocenters. The van der Waals surface area contributed by atoms with Gasteiger partial charge in [0.25, 0.3) is 0 Å². The molecule has 1 N–H and O–H groups in total. The van der Waals surface area contributed by atoms with Gasteiger partial charge in [-0.15, -0.1) is 0 Å². The molecule has 2 fully saturated rings. The summed E-state index contributed by atoms with van der Waals surface area (Å²) < 4.78 is 0. The molecule has 0 aromatic carbocycles. The van der Waals surface area contributed by atoms with Crippen molar-refractivity contribution in [3.05, 3.63) is 0 Å². The van der Waals surface area contributed by atoms with Crippen LogP contribution in [-0.4, -0.2) is 37.6 Å². The number of rotatable bonds is 0. The van der Waals surface area contributed by atoms with Crippen molar-refractivity contribution in [3.8, 4) is 0 Å². The van der Waals surface area contributed by atoms with E-state index in [1.165, 1.54) is 32.5 Å². The maximum Gasteiger partial charge on any atom is 0.0257 e. The van der Waals surface area contributed by atoms with Crippen LogP contribution in [0.25, 0.3) is 0 Å². The summed E-state index contributed by atoms with van der Waals surface area (Å²) in [4.78, 5) is 2.51. The van der Waals surface area contributed by atoms with Crippen LogP contribution in [0.5, 0.6) is 0 Å². The molecule has 72 valence electrons. The zero-order chi connectivity index (χ0) is 8.97. The fourth-order valence-corrected chi connectivity index (χ4v) is 2.30. The van der Waals surface area contributed by atoms with Gasteiger partial charge in [0.15, 0.2) is 0 Å². The minimum Gasteiger partial charge on any atom is -0.315 e. The molecule has 0 radical (unpaired) electrons. The molecule has 0 aliphatic carbocycles. The molecule has 2 aliphatic heterocycles. The Kier molecular flexibility index (Phi) is 4.02. The summed E-state index contributed by atoms with van der Waals surface area (Å²) in [6.07, 6.45) is 2.85. The molecule has 0 aromatic heterocycles. The van der Waals surface area contributed by atoms with Gasteiger partial charge in [-0.2, -0.15) is 0 Å². The van der Waals surface area contributed by atoms with Crippen LogP contribution in [-0.2, 0) is 0 Å². The van der Waals surface area contributed by atoms with E-state index in [1.54, 1.807) is 0 Å². The average Bonchev–Trinajstić information content (AvgIpc) is 2.57. The Hall–Kier alpha value is -0.0800. The van der Waals surface area contributed by atoms with E-state index >= 15 is 0 Å². The molecule has 2 aliphatic rings. The Morgan fingerprint density at radius 1 is 1.25 bits per heavy atom. The highest BCUT2D eigenvalue weighted by molar-refractivity contribution is 4.90. The monoisotopic (exact) mass is 170 g/mol. The van der Waals surface area contributed by atoms with Crippen LogP contribution in [0, 0.1) is 5.92 Å². The van der Waals surface area contributed by atoms with Crippen LogP contribution < -0.4 is 5.32 Å². The Bertz CT molecular complexity index is 125. The second kappa shape index (κ2) is 4.83. The second-order valence-electron chi connectivity index (χ2n) is 3.61. The Balaban J connectivity index is 0.000000336. The molecule has 2 heterocycles. The molecule has 2 saturated heterocycles. The van der Waals surface area contributed by atoms with Crippen molar-refractivity contribution < 1.29 is 0 Å². The van der Waals surface area contributed by atoms with Gasteiger partial charge in [-0.3, -0.25) is 0 Å². The number of likely N-dealkylation sites (N-methyl/N-ethyl adjacent to an activating group) is 1. The molecule has 2 nitrogen and oxygen atoms in total. The van der Waals surface area contributed by atoms with Crippen LogP contribution >= 0.6 is 0 Å². The van der Waals surface area contributed by atoms with Crippen molar-refractivity contribution in [1.82, 2.24) is 10.2 Å². The van der Waals surface area contributed by atoms with Crippen molar-refractivity contribution in [2.75, 3.05) is 26.7 Å². The fraction of sp³-hybridized carbons (Fsp3) is 1.00. The first kappa shape index (κ1) is 10.0. The van der Waals surface area contributed by atoms with Gasteiger partial charge >= 0.3 is 0 Å². The summed E-state index contributed by atoms with van der Waals surface area (Å²) >= 11 is 0. The maximum atomic E-state index is 3.45. The summed E-state index contributed by atoms with van der Waals surface area (Å²) in [6.45, 7) is 7.79. The fourth-order valence-electron chi connectivity index (χ4n) is 2.30. The average molecular weight is 170 g/mol. The highest BCUT2D eigenvalue weighted by atomic mass is 15.2. The van der Waals surface area contributed by atoms with Gasteiger partial charge in [0.2, 0.25) is 0 Å². The van der Waals surface area contributed by atoms with Gasteiger partial charge in [-0.25, -0.2) is 0 Å². The topological polar surface area (TPSA) is 15.3 Å². The zero-order valence-electron chi connectivity index (χ0n) is 8.64. The summed E-state index contributed by atoms with van der Waals surface area (Å²) in [5, 5.41) is 3.45. The van der Waals surface area contributed by atoms with E-state index in [2.05, 4.69) is 17.3 Å². The minimum atomic E-state index is 0.855. The Morgan fingerprint density at radius 2 is 2.00 bits per heavy atom. The summed E-state index contributed by atoms with van der Waals surface area (Å²) in [7, 11) is 2.25. The maximum absolute atomic E-state index is 3.45. The predicted molar refractivity (Wildman–Crippen MR) is 53.4 cm³/mol. The van der Waals surface area contributed by atoms with Gasteiger partial charge < -0.3 is 10.2 Å². The van der Waals surface area contributed by atoms with Gasteiger partial charge in [0, 0.05) is 12.6 Å². The molecule has 0 saturated carbocycles. The van der Waals surface area contributed by atoms with Crippen molar-refractivity contribution in [2.45, 2.75) is 32.7 Å². The van der Waals surface area contributed by atoms with Crippen molar-refractivity contribution in [1.29, 1.82) is 0 Å². The normalized spacial score (nSPS) is 35.2. The van der Waals surface area contributed by atoms with Crippen LogP contribution in [0.4, 0.5) is 0 Å². The number of hydrogen-bond acceptors (Lipinski definition) is 2. The largest absolute Gasteiger partial charge is 0.315 e. The zero-order valence-corrected chi connectivity index (χ0v) is 8.64. The molecule has 2 heteroatoms. The number of nitrogens with zero attached hydrogens (tertiary/aromatic N) is 1. The first-order valence-electron chi connectivity index (χ1n) is 5.29. The van der Waals surface area contributed by atoms with Crippen molar-refractivity contribution >= 4 is 0 Å². The molecule has 2 rings (SSSR count). The number of piperidine rings is 1. The van der Waals surface area contributed by atoms with Gasteiger partial charge in [0.05, 0.1) is 0 Å². The highest BCUT2D eigenvalue weighted by Gasteiger charge is 2.32. The van der Waals surface area contributed by atoms with E-state index in [0.29, 0.717) is 0 Å². The molecule has 12 heavy (non-hydrogen) atoms. The Labute approximate surface area is 76.3 Å². The molecular weight excluding hydrogens is 148 g/mol. The molecule has 0 aromatic rings. The number of likely N-dealkylation sites (tertiary alicyclic amines) is 1. The van der Waals surface area contributed by atoms with Crippen molar-refractivity contribution in [2.24, 2.45) is 5.92 Å².